The van der Waals surface area contributed by atoms with Crippen LogP contribution in [0, 0.1) is 6.92 Å². The van der Waals surface area contributed by atoms with Gasteiger partial charge in [0.25, 0.3) is 5.91 Å². The van der Waals surface area contributed by atoms with E-state index in [-0.39, 0.29) is 18.0 Å². The van der Waals surface area contributed by atoms with Crippen LogP contribution in [0.5, 0.6) is 0 Å². The van der Waals surface area contributed by atoms with Gasteiger partial charge in [-0.1, -0.05) is 0 Å². The molecule has 0 aromatic carbocycles. The maximum Gasteiger partial charge on any atom is 0.302 e. The van der Waals surface area contributed by atoms with E-state index in [1.165, 1.54) is 6.92 Å². The Balaban J connectivity index is 1.74. The summed E-state index contributed by atoms with van der Waals surface area (Å²) in [6.07, 6.45) is 2.33. The fraction of sp³-hybridized carbons (Fsp3) is 0.400. The molecule has 1 N–H and O–H groups in total. The van der Waals surface area contributed by atoms with Crippen LogP contribution in [0.1, 0.15) is 36.2 Å². The Morgan fingerprint density at radius 2 is 2.21 bits per heavy atom. The summed E-state index contributed by atoms with van der Waals surface area (Å²) in [5, 5.41) is 2.99. The number of rotatable bonds is 3. The maximum atomic E-state index is 12.7. The van der Waals surface area contributed by atoms with Gasteiger partial charge in [0.2, 0.25) is 0 Å². The molecule has 2 aromatic rings. The first kappa shape index (κ1) is 18.2. The smallest absolute Gasteiger partial charge is 0.302 e. The Hall–Kier alpha value is -3.16. The van der Waals surface area contributed by atoms with Crippen LogP contribution in [0.25, 0.3) is 0 Å². The minimum Gasteiger partial charge on any atom is -0.461 e. The third-order valence-corrected chi connectivity index (χ3v) is 5.08. The fourth-order valence-corrected chi connectivity index (χ4v) is 3.79. The van der Waals surface area contributed by atoms with E-state index in [1.807, 2.05) is 24.8 Å². The fourth-order valence-electron chi connectivity index (χ4n) is 3.79. The molecule has 0 spiro atoms. The summed E-state index contributed by atoms with van der Waals surface area (Å²) < 4.78 is 5.34. The standard InChI is InChI=1S/C20H23N5O3/c1-4-25-18-15(6-5-8-21-18)20(27)23-17-12(2)10-16(22-19(17)25)24-9-7-14(11-24)28-13(3)26/h5-6,8,10,14H,4,7,9,11H2,1-3H3,(H,23,27). The number of carbonyl (C=O) groups is 2. The Labute approximate surface area is 163 Å². The molecule has 4 rings (SSSR count). The second-order valence-electron chi connectivity index (χ2n) is 7.04. The van der Waals surface area contributed by atoms with Crippen LogP contribution in [-0.2, 0) is 9.53 Å². The first-order chi connectivity index (χ1) is 13.5. The molecule has 1 atom stereocenters. The highest BCUT2D eigenvalue weighted by Crippen LogP contribution is 2.39. The average Bonchev–Trinajstić information content (AvgIpc) is 3.07. The van der Waals surface area contributed by atoms with E-state index in [1.54, 1.807) is 18.3 Å². The molecule has 2 aliphatic rings. The molecule has 0 bridgehead atoms. The molecule has 28 heavy (non-hydrogen) atoms. The van der Waals surface area contributed by atoms with Crippen molar-refractivity contribution in [2.24, 2.45) is 0 Å². The van der Waals surface area contributed by atoms with Gasteiger partial charge in [0.15, 0.2) is 5.82 Å². The predicted octanol–water partition coefficient (Wildman–Crippen LogP) is 2.65. The van der Waals surface area contributed by atoms with Crippen LogP contribution >= 0.6 is 0 Å². The monoisotopic (exact) mass is 381 g/mol. The Morgan fingerprint density at radius 1 is 1.39 bits per heavy atom. The van der Waals surface area contributed by atoms with Crippen molar-refractivity contribution in [2.45, 2.75) is 33.3 Å². The molecule has 2 aliphatic heterocycles. The van der Waals surface area contributed by atoms with E-state index in [4.69, 9.17) is 9.72 Å². The third kappa shape index (κ3) is 3.15. The first-order valence-electron chi connectivity index (χ1n) is 9.45. The van der Waals surface area contributed by atoms with Crippen molar-refractivity contribution < 1.29 is 14.3 Å². The molecule has 1 amide bonds. The van der Waals surface area contributed by atoms with Gasteiger partial charge < -0.3 is 19.9 Å². The van der Waals surface area contributed by atoms with E-state index in [2.05, 4.69) is 15.2 Å². The van der Waals surface area contributed by atoms with E-state index in [0.29, 0.717) is 36.0 Å². The lowest BCUT2D eigenvalue weighted by Crippen LogP contribution is -2.26. The average molecular weight is 381 g/mol. The number of hydrogen-bond acceptors (Lipinski definition) is 7. The highest BCUT2D eigenvalue weighted by Gasteiger charge is 2.31. The Kier molecular flexibility index (Phi) is 4.62. The predicted molar refractivity (Wildman–Crippen MR) is 106 cm³/mol. The number of carbonyl (C=O) groups excluding carboxylic acids is 2. The lowest BCUT2D eigenvalue weighted by Gasteiger charge is -2.25. The molecule has 1 fully saturated rings. The van der Waals surface area contributed by atoms with Crippen molar-refractivity contribution in [3.63, 3.8) is 0 Å². The second kappa shape index (κ2) is 7.10. The quantitative estimate of drug-likeness (QED) is 0.818. The van der Waals surface area contributed by atoms with Crippen molar-refractivity contribution in [2.75, 3.05) is 34.8 Å². The van der Waals surface area contributed by atoms with E-state index < -0.39 is 0 Å². The zero-order chi connectivity index (χ0) is 19.8. The first-order valence-corrected chi connectivity index (χ1v) is 9.45. The van der Waals surface area contributed by atoms with Crippen molar-refractivity contribution in [1.82, 2.24) is 9.97 Å². The van der Waals surface area contributed by atoms with Crippen LogP contribution in [0.2, 0.25) is 0 Å². The van der Waals surface area contributed by atoms with Gasteiger partial charge in [0.1, 0.15) is 17.7 Å². The van der Waals surface area contributed by atoms with E-state index in [9.17, 15) is 9.59 Å². The molecule has 8 nitrogen and oxygen atoms in total. The maximum absolute atomic E-state index is 12.7. The van der Waals surface area contributed by atoms with Crippen molar-refractivity contribution in [1.29, 1.82) is 0 Å². The molecule has 146 valence electrons. The molecule has 1 unspecified atom stereocenters. The summed E-state index contributed by atoms with van der Waals surface area (Å²) in [5.74, 6) is 1.64. The van der Waals surface area contributed by atoms with Gasteiger partial charge in [0.05, 0.1) is 17.8 Å². The van der Waals surface area contributed by atoms with Crippen LogP contribution < -0.4 is 15.1 Å². The molecular weight excluding hydrogens is 358 g/mol. The van der Waals surface area contributed by atoms with Gasteiger partial charge in [-0.25, -0.2) is 9.97 Å². The van der Waals surface area contributed by atoms with Crippen molar-refractivity contribution in [3.05, 3.63) is 35.5 Å². The molecular formula is C20H23N5O3. The summed E-state index contributed by atoms with van der Waals surface area (Å²) in [5.41, 5.74) is 2.15. The molecule has 1 saturated heterocycles. The number of anilines is 4. The summed E-state index contributed by atoms with van der Waals surface area (Å²) in [7, 11) is 0. The number of ether oxygens (including phenoxy) is 1. The topological polar surface area (TPSA) is 87.7 Å². The second-order valence-corrected chi connectivity index (χ2v) is 7.04. The molecule has 4 heterocycles. The summed E-state index contributed by atoms with van der Waals surface area (Å²) in [6.45, 7) is 7.39. The van der Waals surface area contributed by atoms with E-state index in [0.717, 1.165) is 24.3 Å². The minimum atomic E-state index is -0.263. The highest BCUT2D eigenvalue weighted by molar-refractivity contribution is 6.11. The van der Waals surface area contributed by atoms with Gasteiger partial charge in [-0.15, -0.1) is 0 Å². The zero-order valence-corrected chi connectivity index (χ0v) is 16.2. The lowest BCUT2D eigenvalue weighted by atomic mass is 10.2. The van der Waals surface area contributed by atoms with E-state index >= 15 is 0 Å². The SMILES string of the molecule is CCN1c2ncccc2C(=O)Nc2c(C)cc(N3CCC(OC(C)=O)C3)nc21. The van der Waals surface area contributed by atoms with Crippen LogP contribution in [-0.4, -0.2) is 47.6 Å². The minimum absolute atomic E-state index is 0.122. The zero-order valence-electron chi connectivity index (χ0n) is 16.2. The van der Waals surface area contributed by atoms with Crippen LogP contribution in [0.4, 0.5) is 23.1 Å². The van der Waals surface area contributed by atoms with Crippen LogP contribution in [0.15, 0.2) is 24.4 Å². The van der Waals surface area contributed by atoms with Crippen LogP contribution in [0.3, 0.4) is 0 Å². The number of hydrogen-bond donors (Lipinski definition) is 1. The van der Waals surface area contributed by atoms with Crippen molar-refractivity contribution >= 4 is 35.0 Å². The van der Waals surface area contributed by atoms with Crippen molar-refractivity contribution in [3.8, 4) is 0 Å². The highest BCUT2D eigenvalue weighted by atomic mass is 16.5. The normalized spacial score (nSPS) is 18.2. The third-order valence-electron chi connectivity index (χ3n) is 5.08. The number of aromatic nitrogens is 2. The lowest BCUT2D eigenvalue weighted by molar-refractivity contribution is -0.145. The van der Waals surface area contributed by atoms with Gasteiger partial charge in [-0.3, -0.25) is 9.59 Å². The number of nitrogens with one attached hydrogen (secondary N) is 1. The molecule has 2 aromatic heterocycles. The van der Waals surface area contributed by atoms with Gasteiger partial charge >= 0.3 is 5.97 Å². The number of esters is 1. The number of aryl methyl sites for hydroxylation is 1. The molecule has 0 aliphatic carbocycles. The largest absolute Gasteiger partial charge is 0.461 e. The molecule has 0 radical (unpaired) electrons. The number of fused-ring (bicyclic) bond motifs is 2. The number of nitrogens with zero attached hydrogens (tertiary/aromatic N) is 4. The number of pyridine rings is 2. The van der Waals surface area contributed by atoms with Gasteiger partial charge in [-0.2, -0.15) is 0 Å². The number of amides is 1. The van der Waals surface area contributed by atoms with Gasteiger partial charge in [0, 0.05) is 32.6 Å². The Bertz CT molecular complexity index is 945. The Morgan fingerprint density at radius 3 is 2.96 bits per heavy atom. The van der Waals surface area contributed by atoms with Gasteiger partial charge in [-0.05, 0) is 37.6 Å². The summed E-state index contributed by atoms with van der Waals surface area (Å²) in [4.78, 5) is 37.3. The molecule has 0 saturated carbocycles. The summed E-state index contributed by atoms with van der Waals surface area (Å²) >= 11 is 0. The molecule has 8 heteroatoms. The summed E-state index contributed by atoms with van der Waals surface area (Å²) in [6, 6.07) is 5.49.